The summed E-state index contributed by atoms with van der Waals surface area (Å²) in [5.41, 5.74) is -0.652. The fourth-order valence-electron chi connectivity index (χ4n) is 0.962. The number of aliphatic hydroxyl groups is 1. The maximum atomic E-state index is 9.87. The molecule has 1 unspecified atom stereocenters. The van der Waals surface area contributed by atoms with Crippen molar-refractivity contribution < 1.29 is 9.84 Å². The Labute approximate surface area is 77.4 Å². The third-order valence-electron chi connectivity index (χ3n) is 2.18. The van der Waals surface area contributed by atoms with Crippen molar-refractivity contribution in [3.8, 4) is 0 Å². The molecule has 0 bridgehead atoms. The van der Waals surface area contributed by atoms with Crippen LogP contribution < -0.4 is 0 Å². The van der Waals surface area contributed by atoms with E-state index in [1.165, 1.54) is 0 Å². The average Bonchev–Trinajstić information content (AvgIpc) is 2.50. The summed E-state index contributed by atoms with van der Waals surface area (Å²) in [7, 11) is 3.34. The van der Waals surface area contributed by atoms with E-state index in [2.05, 4.69) is 10.2 Å². The Bertz CT molecular complexity index is 283. The zero-order valence-electron chi connectivity index (χ0n) is 8.35. The lowest BCUT2D eigenvalue weighted by Crippen LogP contribution is -2.33. The van der Waals surface area contributed by atoms with Crippen LogP contribution in [0.1, 0.15) is 25.8 Å². The highest BCUT2D eigenvalue weighted by Crippen LogP contribution is 2.25. The molecule has 1 atom stereocenters. The molecule has 13 heavy (non-hydrogen) atoms. The zero-order valence-corrected chi connectivity index (χ0v) is 8.35. The predicted octanol–water partition coefficient (Wildman–Crippen LogP) is 0.273. The van der Waals surface area contributed by atoms with Gasteiger partial charge < -0.3 is 14.4 Å². The number of ether oxygens (including phenoxy) is 1. The summed E-state index contributed by atoms with van der Waals surface area (Å²) in [4.78, 5) is 0. The predicted molar refractivity (Wildman–Crippen MR) is 47.1 cm³/mol. The maximum absolute atomic E-state index is 9.87. The smallest absolute Gasteiger partial charge is 0.164 e. The number of nitrogens with zero attached hydrogens (tertiary/aromatic N) is 3. The van der Waals surface area contributed by atoms with Gasteiger partial charge in [0.25, 0.3) is 0 Å². The van der Waals surface area contributed by atoms with Crippen molar-refractivity contribution >= 4 is 0 Å². The minimum Gasteiger partial charge on any atom is -0.382 e. The second-order valence-corrected chi connectivity index (χ2v) is 3.51. The largest absolute Gasteiger partial charge is 0.382 e. The molecule has 1 rings (SSSR count). The molecule has 1 aromatic heterocycles. The van der Waals surface area contributed by atoms with E-state index in [0.29, 0.717) is 5.82 Å². The second-order valence-electron chi connectivity index (χ2n) is 3.51. The zero-order chi connectivity index (χ0) is 10.1. The molecule has 0 aromatic carbocycles. The molecule has 0 aliphatic heterocycles. The highest BCUT2D eigenvalue weighted by atomic mass is 16.5. The molecule has 1 N–H and O–H groups in total. The quantitative estimate of drug-likeness (QED) is 0.734. The number of hydrogen-bond acceptors (Lipinski definition) is 4. The summed E-state index contributed by atoms with van der Waals surface area (Å²) in [6, 6.07) is 0. The van der Waals surface area contributed by atoms with Gasteiger partial charge in [0.2, 0.25) is 0 Å². The fourth-order valence-corrected chi connectivity index (χ4v) is 0.962. The number of methoxy groups -OCH3 is 1. The van der Waals surface area contributed by atoms with Gasteiger partial charge in [0.15, 0.2) is 5.82 Å². The molecule has 0 saturated heterocycles. The van der Waals surface area contributed by atoms with Crippen molar-refractivity contribution in [2.45, 2.75) is 25.6 Å². The standard InChI is InChI=1S/C8H15N3O2/c1-8(2,13-4)6(12)7-10-9-5-11(7)3/h5-6,12H,1-4H3. The first kappa shape index (κ1) is 10.1. The highest BCUT2D eigenvalue weighted by Gasteiger charge is 2.31. The van der Waals surface area contributed by atoms with E-state index in [-0.39, 0.29) is 0 Å². The van der Waals surface area contributed by atoms with Crippen LogP contribution in [0.3, 0.4) is 0 Å². The molecule has 0 saturated carbocycles. The fraction of sp³-hybridized carbons (Fsp3) is 0.750. The van der Waals surface area contributed by atoms with E-state index in [4.69, 9.17) is 4.74 Å². The van der Waals surface area contributed by atoms with Gasteiger partial charge >= 0.3 is 0 Å². The topological polar surface area (TPSA) is 60.2 Å². The van der Waals surface area contributed by atoms with Gasteiger partial charge in [0.05, 0.1) is 5.60 Å². The average molecular weight is 185 g/mol. The molecule has 0 spiro atoms. The number of aromatic nitrogens is 3. The molecule has 0 aliphatic rings. The van der Waals surface area contributed by atoms with E-state index in [0.717, 1.165) is 0 Å². The Kier molecular flexibility index (Phi) is 2.68. The Morgan fingerprint density at radius 3 is 2.62 bits per heavy atom. The van der Waals surface area contributed by atoms with Crippen molar-refractivity contribution in [2.75, 3.05) is 7.11 Å². The minimum absolute atomic E-state index is 0.506. The maximum Gasteiger partial charge on any atom is 0.164 e. The van der Waals surface area contributed by atoms with E-state index in [1.54, 1.807) is 38.9 Å². The van der Waals surface area contributed by atoms with E-state index in [9.17, 15) is 5.11 Å². The molecule has 74 valence electrons. The van der Waals surface area contributed by atoms with Gasteiger partial charge in [-0.3, -0.25) is 0 Å². The Morgan fingerprint density at radius 2 is 2.23 bits per heavy atom. The van der Waals surface area contributed by atoms with Crippen molar-refractivity contribution in [2.24, 2.45) is 7.05 Å². The van der Waals surface area contributed by atoms with Crippen LogP contribution in [0.2, 0.25) is 0 Å². The van der Waals surface area contributed by atoms with Gasteiger partial charge in [-0.2, -0.15) is 0 Å². The first-order valence-electron chi connectivity index (χ1n) is 4.06. The second kappa shape index (κ2) is 3.43. The molecule has 5 nitrogen and oxygen atoms in total. The van der Waals surface area contributed by atoms with Crippen LogP contribution in [-0.2, 0) is 11.8 Å². The normalized spacial score (nSPS) is 14.5. The first-order chi connectivity index (χ1) is 5.99. The van der Waals surface area contributed by atoms with Gasteiger partial charge in [-0.1, -0.05) is 0 Å². The Balaban J connectivity index is 2.91. The lowest BCUT2D eigenvalue weighted by Gasteiger charge is -2.27. The minimum atomic E-state index is -0.773. The van der Waals surface area contributed by atoms with Gasteiger partial charge in [0, 0.05) is 14.2 Å². The highest BCUT2D eigenvalue weighted by molar-refractivity contribution is 4.97. The van der Waals surface area contributed by atoms with Crippen molar-refractivity contribution in [3.63, 3.8) is 0 Å². The van der Waals surface area contributed by atoms with Crippen LogP contribution in [0, 0.1) is 0 Å². The number of hydrogen-bond donors (Lipinski definition) is 1. The number of aryl methyl sites for hydroxylation is 1. The molecule has 0 amide bonds. The van der Waals surface area contributed by atoms with Crippen molar-refractivity contribution in [1.29, 1.82) is 0 Å². The molecule has 0 radical (unpaired) electrons. The first-order valence-corrected chi connectivity index (χ1v) is 4.06. The van der Waals surface area contributed by atoms with Gasteiger partial charge in [0.1, 0.15) is 12.4 Å². The molecular weight excluding hydrogens is 170 g/mol. The monoisotopic (exact) mass is 185 g/mol. The summed E-state index contributed by atoms with van der Waals surface area (Å²) in [5.74, 6) is 0.506. The summed E-state index contributed by atoms with van der Waals surface area (Å²) in [6.45, 7) is 3.60. The Hall–Kier alpha value is -0.940. The van der Waals surface area contributed by atoms with E-state index < -0.39 is 11.7 Å². The molecule has 1 heterocycles. The number of aliphatic hydroxyl groups excluding tert-OH is 1. The van der Waals surface area contributed by atoms with E-state index >= 15 is 0 Å². The number of rotatable bonds is 3. The van der Waals surface area contributed by atoms with Gasteiger partial charge in [-0.05, 0) is 13.8 Å². The molecule has 0 aliphatic carbocycles. The summed E-state index contributed by atoms with van der Waals surface area (Å²) >= 11 is 0. The summed E-state index contributed by atoms with van der Waals surface area (Å²) in [5, 5.41) is 17.4. The SMILES string of the molecule is COC(C)(C)C(O)c1nncn1C. The lowest BCUT2D eigenvalue weighted by atomic mass is 10.0. The van der Waals surface area contributed by atoms with Crippen LogP contribution in [0.4, 0.5) is 0 Å². The third-order valence-corrected chi connectivity index (χ3v) is 2.18. The van der Waals surface area contributed by atoms with Crippen LogP contribution >= 0.6 is 0 Å². The van der Waals surface area contributed by atoms with Crippen LogP contribution in [0.5, 0.6) is 0 Å². The van der Waals surface area contributed by atoms with Gasteiger partial charge in [-0.15, -0.1) is 10.2 Å². The molecule has 1 aromatic rings. The summed E-state index contributed by atoms with van der Waals surface area (Å²) in [6.07, 6.45) is 0.773. The van der Waals surface area contributed by atoms with E-state index in [1.807, 2.05) is 0 Å². The summed E-state index contributed by atoms with van der Waals surface area (Å²) < 4.78 is 6.82. The van der Waals surface area contributed by atoms with Crippen molar-refractivity contribution in [3.05, 3.63) is 12.2 Å². The van der Waals surface area contributed by atoms with Gasteiger partial charge in [-0.25, -0.2) is 0 Å². The van der Waals surface area contributed by atoms with Crippen LogP contribution in [-0.4, -0.2) is 32.6 Å². The third kappa shape index (κ3) is 1.87. The molecular formula is C8H15N3O2. The molecule has 0 fully saturated rings. The van der Waals surface area contributed by atoms with Crippen LogP contribution in [0.15, 0.2) is 6.33 Å². The van der Waals surface area contributed by atoms with Crippen LogP contribution in [0.25, 0.3) is 0 Å². The Morgan fingerprint density at radius 1 is 1.62 bits per heavy atom. The lowest BCUT2D eigenvalue weighted by molar-refractivity contribution is -0.0839. The van der Waals surface area contributed by atoms with Crippen molar-refractivity contribution in [1.82, 2.24) is 14.8 Å². The molecule has 5 heteroatoms.